The first-order chi connectivity index (χ1) is 8.08. The van der Waals surface area contributed by atoms with Gasteiger partial charge < -0.3 is 10.4 Å². The van der Waals surface area contributed by atoms with Crippen LogP contribution >= 0.6 is 0 Å². The van der Waals surface area contributed by atoms with E-state index < -0.39 is 12.0 Å². The van der Waals surface area contributed by atoms with Crippen molar-refractivity contribution < 1.29 is 9.90 Å². The summed E-state index contributed by atoms with van der Waals surface area (Å²) in [6, 6.07) is 7.62. The van der Waals surface area contributed by atoms with Crippen LogP contribution in [0.25, 0.3) is 0 Å². The van der Waals surface area contributed by atoms with Crippen LogP contribution in [0.5, 0.6) is 0 Å². The lowest BCUT2D eigenvalue weighted by atomic mass is 10.0. The second-order valence-corrected chi connectivity index (χ2v) is 5.10. The minimum Gasteiger partial charge on any atom is -0.480 e. The van der Waals surface area contributed by atoms with E-state index >= 15 is 0 Å². The zero-order valence-electron chi connectivity index (χ0n) is 10.3. The normalized spacial score (nSPS) is 16.9. The molecular weight excluding hydrogens is 214 g/mol. The Morgan fingerprint density at radius 3 is 2.29 bits per heavy atom. The van der Waals surface area contributed by atoms with E-state index in [1.165, 1.54) is 18.4 Å². The van der Waals surface area contributed by atoms with Crippen molar-refractivity contribution in [3.63, 3.8) is 0 Å². The van der Waals surface area contributed by atoms with E-state index in [2.05, 4.69) is 17.4 Å². The predicted molar refractivity (Wildman–Crippen MR) is 68.3 cm³/mol. The summed E-state index contributed by atoms with van der Waals surface area (Å²) in [4.78, 5) is 11.1. The second kappa shape index (κ2) is 4.78. The summed E-state index contributed by atoms with van der Waals surface area (Å²) in [7, 11) is 0. The van der Waals surface area contributed by atoms with Crippen molar-refractivity contribution in [2.45, 2.75) is 38.6 Å². The SMILES string of the molecule is CC(C)[C@H](Nc1ccc(C2CC2)cc1)C(=O)O. The molecule has 2 N–H and O–H groups in total. The number of aliphatic carboxylic acids is 1. The fraction of sp³-hybridized carbons (Fsp3) is 0.500. The maximum absolute atomic E-state index is 11.1. The van der Waals surface area contributed by atoms with Crippen LogP contribution in [0, 0.1) is 5.92 Å². The van der Waals surface area contributed by atoms with Crippen molar-refractivity contribution in [3.05, 3.63) is 29.8 Å². The molecule has 0 unspecified atom stereocenters. The number of carbonyl (C=O) groups is 1. The Hall–Kier alpha value is -1.51. The molecule has 0 saturated heterocycles. The Kier molecular flexibility index (Phi) is 3.36. The summed E-state index contributed by atoms with van der Waals surface area (Å²) in [5.41, 5.74) is 2.25. The maximum atomic E-state index is 11.1. The molecular formula is C14H19NO2. The fourth-order valence-corrected chi connectivity index (χ4v) is 1.96. The molecule has 0 bridgehead atoms. The number of nitrogens with one attached hydrogen (secondary N) is 1. The molecule has 2 rings (SSSR count). The van der Waals surface area contributed by atoms with E-state index in [1.807, 2.05) is 26.0 Å². The highest BCUT2D eigenvalue weighted by atomic mass is 16.4. The van der Waals surface area contributed by atoms with Crippen molar-refractivity contribution >= 4 is 11.7 Å². The van der Waals surface area contributed by atoms with Crippen molar-refractivity contribution in [3.8, 4) is 0 Å². The van der Waals surface area contributed by atoms with Gasteiger partial charge in [-0.15, -0.1) is 0 Å². The second-order valence-electron chi connectivity index (χ2n) is 5.10. The van der Waals surface area contributed by atoms with E-state index in [9.17, 15) is 4.79 Å². The Balaban J connectivity index is 2.03. The molecule has 1 atom stereocenters. The number of anilines is 1. The molecule has 0 amide bonds. The lowest BCUT2D eigenvalue weighted by Gasteiger charge is -2.19. The molecule has 1 aliphatic rings. The predicted octanol–water partition coefficient (Wildman–Crippen LogP) is 3.09. The van der Waals surface area contributed by atoms with Gasteiger partial charge in [0.1, 0.15) is 6.04 Å². The monoisotopic (exact) mass is 233 g/mol. The molecule has 1 aliphatic carbocycles. The highest BCUT2D eigenvalue weighted by Gasteiger charge is 2.24. The van der Waals surface area contributed by atoms with Gasteiger partial charge in [-0.25, -0.2) is 4.79 Å². The largest absolute Gasteiger partial charge is 0.480 e. The summed E-state index contributed by atoms with van der Waals surface area (Å²) in [6.07, 6.45) is 2.58. The summed E-state index contributed by atoms with van der Waals surface area (Å²) in [6.45, 7) is 3.81. The molecule has 0 spiro atoms. The number of hydrogen-bond donors (Lipinski definition) is 2. The minimum atomic E-state index is -0.800. The standard InChI is InChI=1S/C14H19NO2/c1-9(2)13(14(16)17)15-12-7-5-11(6-8-12)10-3-4-10/h5-10,13,15H,3-4H2,1-2H3,(H,16,17)/t13-/m0/s1. The average molecular weight is 233 g/mol. The van der Waals surface area contributed by atoms with Crippen molar-refractivity contribution in [1.29, 1.82) is 0 Å². The molecule has 3 nitrogen and oxygen atoms in total. The van der Waals surface area contributed by atoms with Crippen molar-refractivity contribution in [2.75, 3.05) is 5.32 Å². The molecule has 3 heteroatoms. The number of rotatable bonds is 5. The highest BCUT2D eigenvalue weighted by Crippen LogP contribution is 2.40. The third kappa shape index (κ3) is 2.99. The molecule has 1 aromatic carbocycles. The molecule has 0 aliphatic heterocycles. The van der Waals surface area contributed by atoms with Crippen LogP contribution in [0.15, 0.2) is 24.3 Å². The van der Waals surface area contributed by atoms with Crippen LogP contribution < -0.4 is 5.32 Å². The lowest BCUT2D eigenvalue weighted by molar-refractivity contribution is -0.138. The first kappa shape index (κ1) is 12.0. The van der Waals surface area contributed by atoms with Crippen molar-refractivity contribution in [2.24, 2.45) is 5.92 Å². The first-order valence-electron chi connectivity index (χ1n) is 6.17. The quantitative estimate of drug-likeness (QED) is 0.821. The lowest BCUT2D eigenvalue weighted by Crippen LogP contribution is -2.34. The minimum absolute atomic E-state index is 0.0654. The summed E-state index contributed by atoms with van der Waals surface area (Å²) >= 11 is 0. The molecule has 1 aromatic rings. The molecule has 92 valence electrons. The van der Waals surface area contributed by atoms with Gasteiger partial charge in [0, 0.05) is 5.69 Å². The van der Waals surface area contributed by atoms with Crippen LogP contribution in [0.1, 0.15) is 38.2 Å². The third-order valence-electron chi connectivity index (χ3n) is 3.21. The van der Waals surface area contributed by atoms with E-state index in [0.717, 1.165) is 11.6 Å². The number of hydrogen-bond acceptors (Lipinski definition) is 2. The topological polar surface area (TPSA) is 49.3 Å². The summed E-state index contributed by atoms with van der Waals surface area (Å²) in [5, 5.41) is 12.2. The Morgan fingerprint density at radius 1 is 1.29 bits per heavy atom. The zero-order valence-corrected chi connectivity index (χ0v) is 10.3. The van der Waals surface area contributed by atoms with Gasteiger partial charge in [0.05, 0.1) is 0 Å². The Morgan fingerprint density at radius 2 is 1.88 bits per heavy atom. The zero-order chi connectivity index (χ0) is 12.4. The van der Waals surface area contributed by atoms with Crippen LogP contribution in [0.3, 0.4) is 0 Å². The van der Waals surface area contributed by atoms with Gasteiger partial charge in [-0.1, -0.05) is 26.0 Å². The van der Waals surface area contributed by atoms with Gasteiger partial charge in [-0.3, -0.25) is 0 Å². The summed E-state index contributed by atoms with van der Waals surface area (Å²) < 4.78 is 0. The van der Waals surface area contributed by atoms with Gasteiger partial charge in [-0.05, 0) is 42.4 Å². The van der Waals surface area contributed by atoms with E-state index in [1.54, 1.807) is 0 Å². The number of carboxylic acid groups (broad SMARTS) is 1. The smallest absolute Gasteiger partial charge is 0.326 e. The third-order valence-corrected chi connectivity index (χ3v) is 3.21. The van der Waals surface area contributed by atoms with E-state index in [-0.39, 0.29) is 5.92 Å². The van der Waals surface area contributed by atoms with Crippen LogP contribution in [0.4, 0.5) is 5.69 Å². The Labute approximate surface area is 102 Å². The Bertz CT molecular complexity index is 393. The van der Waals surface area contributed by atoms with E-state index in [4.69, 9.17) is 5.11 Å². The number of carboxylic acids is 1. The molecule has 1 fully saturated rings. The average Bonchev–Trinajstić information content (AvgIpc) is 3.09. The molecule has 1 saturated carbocycles. The molecule has 17 heavy (non-hydrogen) atoms. The van der Waals surface area contributed by atoms with Gasteiger partial charge in [0.2, 0.25) is 0 Å². The summed E-state index contributed by atoms with van der Waals surface area (Å²) in [5.74, 6) is 0.00583. The van der Waals surface area contributed by atoms with Gasteiger partial charge in [0.25, 0.3) is 0 Å². The van der Waals surface area contributed by atoms with Crippen LogP contribution in [-0.4, -0.2) is 17.1 Å². The van der Waals surface area contributed by atoms with Crippen LogP contribution in [-0.2, 0) is 4.79 Å². The van der Waals surface area contributed by atoms with E-state index in [0.29, 0.717) is 0 Å². The molecule has 0 aromatic heterocycles. The first-order valence-corrected chi connectivity index (χ1v) is 6.17. The van der Waals surface area contributed by atoms with Gasteiger partial charge >= 0.3 is 5.97 Å². The molecule has 0 radical (unpaired) electrons. The van der Waals surface area contributed by atoms with Gasteiger partial charge in [0.15, 0.2) is 0 Å². The van der Waals surface area contributed by atoms with Gasteiger partial charge in [-0.2, -0.15) is 0 Å². The number of benzene rings is 1. The van der Waals surface area contributed by atoms with Crippen LogP contribution in [0.2, 0.25) is 0 Å². The fourth-order valence-electron chi connectivity index (χ4n) is 1.96. The maximum Gasteiger partial charge on any atom is 0.326 e. The molecule has 0 heterocycles. The highest BCUT2D eigenvalue weighted by molar-refractivity contribution is 5.77. The van der Waals surface area contributed by atoms with Crippen molar-refractivity contribution in [1.82, 2.24) is 0 Å².